The van der Waals surface area contributed by atoms with E-state index in [2.05, 4.69) is 29.2 Å². The van der Waals surface area contributed by atoms with Crippen LogP contribution in [0.3, 0.4) is 0 Å². The number of fused-ring (bicyclic) bond motifs is 3. The number of hydrogen-bond donors (Lipinski definition) is 0. The van der Waals surface area contributed by atoms with Crippen LogP contribution in [0.15, 0.2) is 54.8 Å². The Morgan fingerprint density at radius 3 is 2.62 bits per heavy atom. The van der Waals surface area contributed by atoms with Crippen LogP contribution in [0.2, 0.25) is 0 Å². The molecule has 0 bridgehead atoms. The number of nitrogens with zero attached hydrogens (tertiary/aromatic N) is 1. The molecule has 1 saturated heterocycles. The molecule has 1 saturated carbocycles. The van der Waals surface area contributed by atoms with Gasteiger partial charge in [-0.2, -0.15) is 0 Å². The van der Waals surface area contributed by atoms with Crippen molar-refractivity contribution in [2.45, 2.75) is 31.6 Å². The van der Waals surface area contributed by atoms with Gasteiger partial charge >= 0.3 is 0 Å². The molecule has 0 spiro atoms. The van der Waals surface area contributed by atoms with Crippen LogP contribution < -0.4 is 9.47 Å². The topological polar surface area (TPSA) is 57.2 Å². The average molecular weight is 436 g/mol. The van der Waals surface area contributed by atoms with Crippen molar-refractivity contribution < 1.29 is 23.7 Å². The molecule has 168 valence electrons. The van der Waals surface area contributed by atoms with Gasteiger partial charge in [-0.25, -0.2) is 0 Å². The quantitative estimate of drug-likeness (QED) is 0.710. The molecule has 6 heteroatoms. The second kappa shape index (κ2) is 8.96. The van der Waals surface area contributed by atoms with E-state index >= 15 is 0 Å². The number of hydrogen-bond acceptors (Lipinski definition) is 6. The maximum Gasteiger partial charge on any atom is 0.173 e. The number of allylic oxidation sites excluding steroid dienone is 1. The molecule has 4 atom stereocenters. The lowest BCUT2D eigenvalue weighted by molar-refractivity contribution is -0.171. The van der Waals surface area contributed by atoms with Crippen LogP contribution in [0.5, 0.6) is 11.5 Å². The van der Waals surface area contributed by atoms with Gasteiger partial charge in [0.25, 0.3) is 0 Å². The van der Waals surface area contributed by atoms with Gasteiger partial charge in [0.15, 0.2) is 17.3 Å². The first-order valence-corrected chi connectivity index (χ1v) is 11.2. The number of rotatable bonds is 5. The summed E-state index contributed by atoms with van der Waals surface area (Å²) in [4.78, 5) is 15.8. The van der Waals surface area contributed by atoms with Crippen LogP contribution >= 0.6 is 0 Å². The predicted molar refractivity (Wildman–Crippen MR) is 120 cm³/mol. The number of carbonyl (C=O) groups is 1. The van der Waals surface area contributed by atoms with Crippen molar-refractivity contribution in [1.29, 1.82) is 0 Å². The largest absolute Gasteiger partial charge is 0.496 e. The van der Waals surface area contributed by atoms with Crippen molar-refractivity contribution in [3.05, 3.63) is 65.9 Å². The Kier molecular flexibility index (Phi) is 5.89. The third kappa shape index (κ3) is 3.89. The zero-order chi connectivity index (χ0) is 22.1. The van der Waals surface area contributed by atoms with Gasteiger partial charge in [0.1, 0.15) is 6.10 Å². The Bertz CT molecular complexity index is 1000. The van der Waals surface area contributed by atoms with E-state index in [0.717, 1.165) is 31.5 Å². The molecule has 2 fully saturated rings. The Labute approximate surface area is 188 Å². The van der Waals surface area contributed by atoms with Gasteiger partial charge in [-0.3, -0.25) is 9.69 Å². The monoisotopic (exact) mass is 435 g/mol. The standard InChI is InChI=1S/C26H29NO5/c1-29-23-10-8-18(12-24(23)30-2)21-15-31-26-19(25(21)28)9-11-22-20(26)14-27(16-32-22)13-17-6-4-3-5-7-17/h3-8,10,12,15,19-20,22,26H,9,11,13-14,16H2,1-2H3. The molecule has 1 aliphatic carbocycles. The Morgan fingerprint density at radius 2 is 1.84 bits per heavy atom. The summed E-state index contributed by atoms with van der Waals surface area (Å²) >= 11 is 0. The van der Waals surface area contributed by atoms with Gasteiger partial charge in [-0.1, -0.05) is 36.4 Å². The average Bonchev–Trinajstić information content (AvgIpc) is 2.84. The molecule has 0 aromatic heterocycles. The third-order valence-corrected chi connectivity index (χ3v) is 6.89. The van der Waals surface area contributed by atoms with Crippen molar-refractivity contribution in [1.82, 2.24) is 4.90 Å². The highest BCUT2D eigenvalue weighted by molar-refractivity contribution is 6.22. The van der Waals surface area contributed by atoms with Crippen LogP contribution in [-0.2, 0) is 20.8 Å². The lowest BCUT2D eigenvalue weighted by atomic mass is 9.71. The maximum atomic E-state index is 13.5. The predicted octanol–water partition coefficient (Wildman–Crippen LogP) is 3.90. The molecule has 3 aliphatic rings. The molecular weight excluding hydrogens is 406 g/mol. The van der Waals surface area contributed by atoms with Gasteiger partial charge < -0.3 is 18.9 Å². The Hall–Kier alpha value is -2.83. The zero-order valence-electron chi connectivity index (χ0n) is 18.5. The smallest absolute Gasteiger partial charge is 0.173 e. The van der Waals surface area contributed by atoms with Crippen molar-refractivity contribution in [3.63, 3.8) is 0 Å². The maximum absolute atomic E-state index is 13.5. The lowest BCUT2D eigenvalue weighted by Crippen LogP contribution is -2.56. The van der Waals surface area contributed by atoms with Crippen LogP contribution in [-0.4, -0.2) is 50.4 Å². The van der Waals surface area contributed by atoms with Crippen molar-refractivity contribution in [3.8, 4) is 11.5 Å². The minimum atomic E-state index is -0.149. The van der Waals surface area contributed by atoms with Gasteiger partial charge in [0.2, 0.25) is 0 Å². The molecule has 2 aromatic rings. The number of Topliss-reactive ketones (excluding diaryl/α,β-unsaturated/α-hetero) is 1. The second-order valence-corrected chi connectivity index (χ2v) is 8.75. The zero-order valence-corrected chi connectivity index (χ0v) is 18.5. The van der Waals surface area contributed by atoms with Crippen LogP contribution in [0.1, 0.15) is 24.0 Å². The highest BCUT2D eigenvalue weighted by Crippen LogP contribution is 2.43. The number of ketones is 1. The molecular formula is C26H29NO5. The number of benzene rings is 2. The van der Waals surface area contributed by atoms with E-state index in [1.807, 2.05) is 24.3 Å². The van der Waals surface area contributed by atoms with Crippen molar-refractivity contribution >= 4 is 11.4 Å². The summed E-state index contributed by atoms with van der Waals surface area (Å²) < 4.78 is 23.2. The first-order chi connectivity index (χ1) is 15.7. The normalized spacial score (nSPS) is 27.6. The highest BCUT2D eigenvalue weighted by atomic mass is 16.5. The molecule has 0 radical (unpaired) electrons. The van der Waals surface area contributed by atoms with Crippen LogP contribution in [0.25, 0.3) is 5.57 Å². The Balaban J connectivity index is 1.35. The lowest BCUT2D eigenvalue weighted by Gasteiger charge is -2.48. The van der Waals surface area contributed by atoms with Crippen LogP contribution in [0.4, 0.5) is 0 Å². The SMILES string of the molecule is COc1ccc(C2=COC3C(CCC4OCN(Cc5ccccc5)CC43)C2=O)cc1OC. The van der Waals surface area contributed by atoms with Gasteiger partial charge in [0.05, 0.1) is 44.8 Å². The first kappa shape index (κ1) is 21.0. The minimum absolute atomic E-state index is 0.145. The second-order valence-electron chi connectivity index (χ2n) is 8.75. The summed E-state index contributed by atoms with van der Waals surface area (Å²) in [6.45, 7) is 2.32. The van der Waals surface area contributed by atoms with Crippen LogP contribution in [0, 0.1) is 11.8 Å². The molecule has 0 N–H and O–H groups in total. The van der Waals surface area contributed by atoms with E-state index in [-0.39, 0.29) is 29.8 Å². The highest BCUT2D eigenvalue weighted by Gasteiger charge is 2.49. The summed E-state index contributed by atoms with van der Waals surface area (Å²) in [6, 6.07) is 16.0. The summed E-state index contributed by atoms with van der Waals surface area (Å²) in [5, 5.41) is 0. The van der Waals surface area contributed by atoms with E-state index in [1.165, 1.54) is 5.56 Å². The fraction of sp³-hybridized carbons (Fsp3) is 0.423. The van der Waals surface area contributed by atoms with Gasteiger partial charge in [0, 0.05) is 19.0 Å². The van der Waals surface area contributed by atoms with E-state index in [1.54, 1.807) is 20.5 Å². The molecule has 2 aliphatic heterocycles. The van der Waals surface area contributed by atoms with E-state index in [0.29, 0.717) is 23.8 Å². The van der Waals surface area contributed by atoms with E-state index in [9.17, 15) is 4.79 Å². The van der Waals surface area contributed by atoms with Gasteiger partial charge in [-0.15, -0.1) is 0 Å². The molecule has 6 nitrogen and oxygen atoms in total. The molecule has 2 aromatic carbocycles. The summed E-state index contributed by atoms with van der Waals surface area (Å²) in [6.07, 6.45) is 3.31. The Morgan fingerprint density at radius 1 is 1.03 bits per heavy atom. The molecule has 4 unspecified atom stereocenters. The van der Waals surface area contributed by atoms with E-state index in [4.69, 9.17) is 18.9 Å². The molecule has 0 amide bonds. The number of ether oxygens (including phenoxy) is 4. The molecule has 2 heterocycles. The minimum Gasteiger partial charge on any atom is -0.496 e. The fourth-order valence-corrected chi connectivity index (χ4v) is 5.26. The molecule has 32 heavy (non-hydrogen) atoms. The fourth-order valence-electron chi connectivity index (χ4n) is 5.26. The van der Waals surface area contributed by atoms with Crippen molar-refractivity contribution in [2.24, 2.45) is 11.8 Å². The number of methoxy groups -OCH3 is 2. The third-order valence-electron chi connectivity index (χ3n) is 6.89. The van der Waals surface area contributed by atoms with Gasteiger partial charge in [-0.05, 0) is 36.1 Å². The number of carbonyl (C=O) groups excluding carboxylic acids is 1. The first-order valence-electron chi connectivity index (χ1n) is 11.2. The summed E-state index contributed by atoms with van der Waals surface area (Å²) in [7, 11) is 3.19. The summed E-state index contributed by atoms with van der Waals surface area (Å²) in [5.41, 5.74) is 2.65. The molecule has 5 rings (SSSR count). The summed E-state index contributed by atoms with van der Waals surface area (Å²) in [5.74, 6) is 1.41. The van der Waals surface area contributed by atoms with Crippen molar-refractivity contribution in [2.75, 3.05) is 27.5 Å². The van der Waals surface area contributed by atoms with E-state index < -0.39 is 0 Å².